The number of rotatable bonds is 7. The number of carbonyl (C=O) groups is 1. The van der Waals surface area contributed by atoms with Gasteiger partial charge in [-0.15, -0.1) is 0 Å². The van der Waals surface area contributed by atoms with Gasteiger partial charge in [-0.2, -0.15) is 0 Å². The molecule has 1 N–H and O–H groups in total. The van der Waals surface area contributed by atoms with Crippen LogP contribution < -0.4 is 14.8 Å². The molecule has 0 spiro atoms. The van der Waals surface area contributed by atoms with E-state index < -0.39 is 0 Å². The Hall–Kier alpha value is -2.53. The largest absolute Gasteiger partial charge is 0.497 e. The summed E-state index contributed by atoms with van der Waals surface area (Å²) < 4.78 is 15.7. The molecule has 24 heavy (non-hydrogen) atoms. The fourth-order valence-corrected chi connectivity index (χ4v) is 2.46. The number of hydrogen-bond acceptors (Lipinski definition) is 4. The number of carbonyl (C=O) groups excluding carboxylic acids is 1. The van der Waals surface area contributed by atoms with Crippen molar-refractivity contribution < 1.29 is 19.0 Å². The molecule has 0 aliphatic rings. The summed E-state index contributed by atoms with van der Waals surface area (Å²) in [5.41, 5.74) is 2.40. The second-order valence-electron chi connectivity index (χ2n) is 5.48. The van der Waals surface area contributed by atoms with Crippen LogP contribution in [0.1, 0.15) is 17.3 Å². The molecule has 2 aromatic rings. The molecule has 0 aromatic heterocycles. The van der Waals surface area contributed by atoms with E-state index in [1.165, 1.54) is 0 Å². The van der Waals surface area contributed by atoms with Gasteiger partial charge < -0.3 is 19.5 Å². The predicted octanol–water partition coefficient (Wildman–Crippen LogP) is 3.14. The summed E-state index contributed by atoms with van der Waals surface area (Å²) in [4.78, 5) is 12.4. The van der Waals surface area contributed by atoms with E-state index in [0.29, 0.717) is 17.9 Å². The van der Waals surface area contributed by atoms with Gasteiger partial charge in [0.25, 0.3) is 5.91 Å². The van der Waals surface area contributed by atoms with Crippen LogP contribution in [0.2, 0.25) is 0 Å². The lowest BCUT2D eigenvalue weighted by molar-refractivity contribution is 0.0905. The van der Waals surface area contributed by atoms with Crippen LogP contribution >= 0.6 is 0 Å². The first-order valence-electron chi connectivity index (χ1n) is 7.71. The molecule has 0 radical (unpaired) electrons. The lowest BCUT2D eigenvalue weighted by Crippen LogP contribution is -2.35. The highest BCUT2D eigenvalue weighted by Crippen LogP contribution is 2.33. The fraction of sp³-hybridized carbons (Fsp3) is 0.316. The van der Waals surface area contributed by atoms with Gasteiger partial charge in [0, 0.05) is 30.3 Å². The van der Waals surface area contributed by atoms with Crippen molar-refractivity contribution in [1.29, 1.82) is 0 Å². The second kappa shape index (κ2) is 8.36. The zero-order valence-corrected chi connectivity index (χ0v) is 14.5. The van der Waals surface area contributed by atoms with E-state index in [0.717, 1.165) is 16.9 Å². The van der Waals surface area contributed by atoms with E-state index in [9.17, 15) is 4.79 Å². The molecular formula is C19H23NO4. The Labute approximate surface area is 142 Å². The summed E-state index contributed by atoms with van der Waals surface area (Å²) in [6.45, 7) is 2.37. The summed E-state index contributed by atoms with van der Waals surface area (Å²) >= 11 is 0. The predicted molar refractivity (Wildman–Crippen MR) is 93.8 cm³/mol. The minimum atomic E-state index is -0.131. The normalized spacial score (nSPS) is 11.7. The smallest absolute Gasteiger partial charge is 0.251 e. The topological polar surface area (TPSA) is 56.8 Å². The average Bonchev–Trinajstić information content (AvgIpc) is 2.61. The highest BCUT2D eigenvalue weighted by atomic mass is 16.5. The third kappa shape index (κ3) is 4.26. The van der Waals surface area contributed by atoms with Crippen LogP contribution in [0.25, 0.3) is 11.1 Å². The van der Waals surface area contributed by atoms with E-state index >= 15 is 0 Å². The van der Waals surface area contributed by atoms with Gasteiger partial charge in [-0.3, -0.25) is 4.79 Å². The molecule has 5 nitrogen and oxygen atoms in total. The molecule has 0 aliphatic heterocycles. The monoisotopic (exact) mass is 329 g/mol. The zero-order chi connectivity index (χ0) is 17.5. The minimum Gasteiger partial charge on any atom is -0.497 e. The molecule has 1 atom stereocenters. The van der Waals surface area contributed by atoms with Crippen molar-refractivity contribution in [1.82, 2.24) is 5.32 Å². The maximum Gasteiger partial charge on any atom is 0.251 e. The Morgan fingerprint density at radius 2 is 1.88 bits per heavy atom. The summed E-state index contributed by atoms with van der Waals surface area (Å²) in [5.74, 6) is 1.28. The maximum atomic E-state index is 12.4. The standard InChI is InChI=1S/C19H23NO4/c1-13(12-22-2)20-19(21)15-7-5-6-14(10-15)17-9-8-16(23-3)11-18(17)24-4/h5-11,13H,12H2,1-4H3,(H,20,21)/t13-/m1/s1. The molecule has 0 aliphatic carbocycles. The Bertz CT molecular complexity index is 700. The Kier molecular flexibility index (Phi) is 6.21. The molecule has 0 heterocycles. The minimum absolute atomic E-state index is 0.0540. The Balaban J connectivity index is 2.29. The first-order valence-corrected chi connectivity index (χ1v) is 7.71. The summed E-state index contributed by atoms with van der Waals surface area (Å²) in [6.07, 6.45) is 0. The van der Waals surface area contributed by atoms with Crippen LogP contribution in [-0.2, 0) is 4.74 Å². The number of amides is 1. The van der Waals surface area contributed by atoms with Crippen molar-refractivity contribution in [3.8, 4) is 22.6 Å². The molecule has 0 bridgehead atoms. The lowest BCUT2D eigenvalue weighted by atomic mass is 10.0. The van der Waals surface area contributed by atoms with E-state index in [1.54, 1.807) is 27.4 Å². The highest BCUT2D eigenvalue weighted by Gasteiger charge is 2.12. The number of benzene rings is 2. The highest BCUT2D eigenvalue weighted by molar-refractivity contribution is 5.95. The van der Waals surface area contributed by atoms with Crippen molar-refractivity contribution in [2.24, 2.45) is 0 Å². The summed E-state index contributed by atoms with van der Waals surface area (Å²) in [7, 11) is 4.83. The van der Waals surface area contributed by atoms with Gasteiger partial charge in [0.15, 0.2) is 0 Å². The van der Waals surface area contributed by atoms with Gasteiger partial charge in [-0.1, -0.05) is 12.1 Å². The van der Waals surface area contributed by atoms with Gasteiger partial charge in [0.2, 0.25) is 0 Å². The third-order valence-corrected chi connectivity index (χ3v) is 3.64. The van der Waals surface area contributed by atoms with Gasteiger partial charge in [0.1, 0.15) is 11.5 Å². The summed E-state index contributed by atoms with van der Waals surface area (Å²) in [6, 6.07) is 13.0. The average molecular weight is 329 g/mol. The van der Waals surface area contributed by atoms with Crippen LogP contribution in [0.4, 0.5) is 0 Å². The molecule has 0 unspecified atom stereocenters. The molecule has 5 heteroatoms. The van der Waals surface area contributed by atoms with Gasteiger partial charge >= 0.3 is 0 Å². The number of methoxy groups -OCH3 is 3. The maximum absolute atomic E-state index is 12.4. The van der Waals surface area contributed by atoms with Crippen molar-refractivity contribution in [3.63, 3.8) is 0 Å². The Morgan fingerprint density at radius 1 is 1.08 bits per heavy atom. The van der Waals surface area contributed by atoms with Crippen LogP contribution in [0.15, 0.2) is 42.5 Å². The van der Waals surface area contributed by atoms with Crippen molar-refractivity contribution in [3.05, 3.63) is 48.0 Å². The van der Waals surface area contributed by atoms with Crippen molar-refractivity contribution >= 4 is 5.91 Å². The third-order valence-electron chi connectivity index (χ3n) is 3.64. The van der Waals surface area contributed by atoms with Gasteiger partial charge in [0.05, 0.1) is 20.8 Å². The molecular weight excluding hydrogens is 306 g/mol. The van der Waals surface area contributed by atoms with E-state index in [4.69, 9.17) is 14.2 Å². The van der Waals surface area contributed by atoms with Gasteiger partial charge in [-0.05, 0) is 36.8 Å². The fourth-order valence-electron chi connectivity index (χ4n) is 2.46. The van der Waals surface area contributed by atoms with Crippen LogP contribution in [0.3, 0.4) is 0 Å². The SMILES string of the molecule is COC[C@@H](C)NC(=O)c1cccc(-c2ccc(OC)cc2OC)c1. The Morgan fingerprint density at radius 3 is 2.54 bits per heavy atom. The molecule has 128 valence electrons. The van der Waals surface area contributed by atoms with E-state index in [1.807, 2.05) is 43.3 Å². The number of nitrogens with one attached hydrogen (secondary N) is 1. The molecule has 2 aromatic carbocycles. The molecule has 1 amide bonds. The molecule has 0 saturated carbocycles. The molecule has 0 saturated heterocycles. The zero-order valence-electron chi connectivity index (χ0n) is 14.5. The van der Waals surface area contributed by atoms with E-state index in [-0.39, 0.29) is 11.9 Å². The van der Waals surface area contributed by atoms with Crippen LogP contribution in [0, 0.1) is 0 Å². The van der Waals surface area contributed by atoms with Crippen molar-refractivity contribution in [2.45, 2.75) is 13.0 Å². The quantitative estimate of drug-likeness (QED) is 0.848. The molecule has 2 rings (SSSR count). The number of ether oxygens (including phenoxy) is 3. The van der Waals surface area contributed by atoms with Crippen molar-refractivity contribution in [2.75, 3.05) is 27.9 Å². The first kappa shape index (κ1) is 17.8. The van der Waals surface area contributed by atoms with Crippen LogP contribution in [0.5, 0.6) is 11.5 Å². The van der Waals surface area contributed by atoms with Crippen LogP contribution in [-0.4, -0.2) is 39.9 Å². The van der Waals surface area contributed by atoms with Gasteiger partial charge in [-0.25, -0.2) is 0 Å². The lowest BCUT2D eigenvalue weighted by Gasteiger charge is -2.14. The summed E-state index contributed by atoms with van der Waals surface area (Å²) in [5, 5.41) is 2.91. The van der Waals surface area contributed by atoms with E-state index in [2.05, 4.69) is 5.32 Å². The second-order valence-corrected chi connectivity index (χ2v) is 5.48. The molecule has 0 fully saturated rings. The first-order chi connectivity index (χ1) is 11.6. The number of hydrogen-bond donors (Lipinski definition) is 1.